The number of carbonyl (C=O) groups is 1. The van der Waals surface area contributed by atoms with Gasteiger partial charge in [-0.1, -0.05) is 23.2 Å². The van der Waals surface area contributed by atoms with Crippen molar-refractivity contribution >= 4 is 34.8 Å². The van der Waals surface area contributed by atoms with Crippen molar-refractivity contribution in [3.63, 3.8) is 0 Å². The quantitative estimate of drug-likeness (QED) is 0.821. The molecule has 2 rings (SSSR count). The van der Waals surface area contributed by atoms with Gasteiger partial charge in [0.05, 0.1) is 16.3 Å². The second-order valence-electron chi connectivity index (χ2n) is 3.74. The lowest BCUT2D eigenvalue weighted by atomic mass is 10.2. The predicted octanol–water partition coefficient (Wildman–Crippen LogP) is 4.09. The van der Waals surface area contributed by atoms with E-state index >= 15 is 0 Å². The lowest BCUT2D eigenvalue weighted by Gasteiger charge is -2.08. The smallest absolute Gasteiger partial charge is 0.258 e. The average molecular weight is 300 g/mol. The molecule has 98 valence electrons. The summed E-state index contributed by atoms with van der Waals surface area (Å²) in [6.07, 6.45) is 0. The zero-order chi connectivity index (χ0) is 14.0. The maximum absolute atomic E-state index is 13.5. The van der Waals surface area contributed by atoms with Crippen molar-refractivity contribution in [1.82, 2.24) is 0 Å². The third-order valence-corrected chi connectivity index (χ3v) is 2.92. The van der Waals surface area contributed by atoms with Crippen molar-refractivity contribution < 1.29 is 14.3 Å². The van der Waals surface area contributed by atoms with Crippen LogP contribution in [0.4, 0.5) is 10.1 Å². The number of aromatic hydroxyl groups is 1. The number of rotatable bonds is 2. The molecule has 19 heavy (non-hydrogen) atoms. The molecule has 0 saturated carbocycles. The molecule has 0 aliphatic rings. The molecule has 2 N–H and O–H groups in total. The fourth-order valence-corrected chi connectivity index (χ4v) is 1.86. The van der Waals surface area contributed by atoms with Crippen molar-refractivity contribution in [2.45, 2.75) is 0 Å². The van der Waals surface area contributed by atoms with Gasteiger partial charge in [-0.15, -0.1) is 0 Å². The monoisotopic (exact) mass is 299 g/mol. The minimum absolute atomic E-state index is 0.0306. The summed E-state index contributed by atoms with van der Waals surface area (Å²) in [7, 11) is 0. The number of nitrogens with one attached hydrogen (secondary N) is 1. The van der Waals surface area contributed by atoms with E-state index in [-0.39, 0.29) is 27.0 Å². The standard InChI is InChI=1S/C13H8Cl2FNO2/c14-7-1-3-11(16)9(5-7)13(19)17-12-4-2-8(18)6-10(12)15/h1-6,18H,(H,17,19). The summed E-state index contributed by atoms with van der Waals surface area (Å²) in [5.41, 5.74) is 0.0838. The van der Waals surface area contributed by atoms with Gasteiger partial charge in [0, 0.05) is 11.1 Å². The molecule has 0 unspecified atom stereocenters. The van der Waals surface area contributed by atoms with Gasteiger partial charge >= 0.3 is 0 Å². The van der Waals surface area contributed by atoms with E-state index in [0.29, 0.717) is 0 Å². The molecule has 0 fully saturated rings. The van der Waals surface area contributed by atoms with Crippen LogP contribution in [0.5, 0.6) is 5.75 Å². The number of benzene rings is 2. The molecule has 1 amide bonds. The Morgan fingerprint density at radius 3 is 2.58 bits per heavy atom. The van der Waals surface area contributed by atoms with Gasteiger partial charge in [-0.2, -0.15) is 0 Å². The van der Waals surface area contributed by atoms with Crippen LogP contribution in [0.3, 0.4) is 0 Å². The SMILES string of the molecule is O=C(Nc1ccc(O)cc1Cl)c1cc(Cl)ccc1F. The third kappa shape index (κ3) is 3.16. The Balaban J connectivity index is 2.28. The normalized spacial score (nSPS) is 10.3. The third-order valence-electron chi connectivity index (χ3n) is 2.37. The lowest BCUT2D eigenvalue weighted by Crippen LogP contribution is -2.14. The zero-order valence-corrected chi connectivity index (χ0v) is 11.0. The number of hydrogen-bond donors (Lipinski definition) is 2. The van der Waals surface area contributed by atoms with Crippen LogP contribution in [-0.4, -0.2) is 11.0 Å². The van der Waals surface area contributed by atoms with E-state index in [0.717, 1.165) is 6.07 Å². The summed E-state index contributed by atoms with van der Waals surface area (Å²) in [5.74, 6) is -1.39. The zero-order valence-electron chi connectivity index (χ0n) is 9.45. The van der Waals surface area contributed by atoms with Gasteiger partial charge in [-0.3, -0.25) is 4.79 Å². The Morgan fingerprint density at radius 2 is 1.89 bits per heavy atom. The molecule has 0 aliphatic carbocycles. The largest absolute Gasteiger partial charge is 0.508 e. The van der Waals surface area contributed by atoms with Crippen LogP contribution in [0.25, 0.3) is 0 Å². The Bertz CT molecular complexity index is 647. The number of amides is 1. The summed E-state index contributed by atoms with van der Waals surface area (Å²) >= 11 is 11.5. The summed E-state index contributed by atoms with van der Waals surface area (Å²) in [6.45, 7) is 0. The maximum Gasteiger partial charge on any atom is 0.258 e. The molecule has 0 heterocycles. The van der Waals surface area contributed by atoms with Gasteiger partial charge in [0.2, 0.25) is 0 Å². The summed E-state index contributed by atoms with van der Waals surface area (Å²) in [6, 6.07) is 7.72. The van der Waals surface area contributed by atoms with Crippen LogP contribution in [-0.2, 0) is 0 Å². The molecule has 0 bridgehead atoms. The van der Waals surface area contributed by atoms with Crippen LogP contribution in [0.1, 0.15) is 10.4 Å². The first-order valence-corrected chi connectivity index (χ1v) is 5.98. The van der Waals surface area contributed by atoms with Gasteiger partial charge in [0.15, 0.2) is 0 Å². The highest BCUT2D eigenvalue weighted by molar-refractivity contribution is 6.34. The van der Waals surface area contributed by atoms with E-state index in [1.807, 2.05) is 0 Å². The number of hydrogen-bond acceptors (Lipinski definition) is 2. The molecule has 0 aromatic heterocycles. The van der Waals surface area contributed by atoms with Crippen molar-refractivity contribution in [3.8, 4) is 5.75 Å². The molecule has 0 aliphatic heterocycles. The first-order chi connectivity index (χ1) is 8.97. The lowest BCUT2D eigenvalue weighted by molar-refractivity contribution is 0.102. The minimum atomic E-state index is -0.684. The van der Waals surface area contributed by atoms with Gasteiger partial charge < -0.3 is 10.4 Å². The molecule has 6 heteroatoms. The molecule has 0 spiro atoms. The Kier molecular flexibility index (Phi) is 3.93. The second-order valence-corrected chi connectivity index (χ2v) is 4.59. The molecular weight excluding hydrogens is 292 g/mol. The molecule has 0 radical (unpaired) electrons. The highest BCUT2D eigenvalue weighted by Gasteiger charge is 2.14. The fraction of sp³-hybridized carbons (Fsp3) is 0. The number of phenolic OH excluding ortho intramolecular Hbond substituents is 1. The van der Waals surface area contributed by atoms with Gasteiger partial charge in [-0.05, 0) is 30.3 Å². The van der Waals surface area contributed by atoms with Crippen LogP contribution in [0, 0.1) is 5.82 Å². The topological polar surface area (TPSA) is 49.3 Å². The molecule has 2 aromatic carbocycles. The van der Waals surface area contributed by atoms with Gasteiger partial charge in [-0.25, -0.2) is 4.39 Å². The fourth-order valence-electron chi connectivity index (χ4n) is 1.47. The molecule has 3 nitrogen and oxygen atoms in total. The van der Waals surface area contributed by atoms with Gasteiger partial charge in [0.25, 0.3) is 5.91 Å². The average Bonchev–Trinajstić information content (AvgIpc) is 2.35. The van der Waals surface area contributed by atoms with E-state index in [2.05, 4.69) is 5.32 Å². The van der Waals surface area contributed by atoms with Crippen LogP contribution < -0.4 is 5.32 Å². The number of halogens is 3. The Hall–Kier alpha value is -1.78. The minimum Gasteiger partial charge on any atom is -0.508 e. The van der Waals surface area contributed by atoms with E-state index in [4.69, 9.17) is 23.2 Å². The predicted molar refractivity (Wildman–Crippen MR) is 72.5 cm³/mol. The molecule has 0 saturated heterocycles. The van der Waals surface area contributed by atoms with Crippen LogP contribution >= 0.6 is 23.2 Å². The highest BCUT2D eigenvalue weighted by atomic mass is 35.5. The first-order valence-electron chi connectivity index (χ1n) is 5.22. The van der Waals surface area contributed by atoms with E-state index < -0.39 is 11.7 Å². The van der Waals surface area contributed by atoms with Crippen molar-refractivity contribution in [2.75, 3.05) is 5.32 Å². The number of phenols is 1. The summed E-state index contributed by atoms with van der Waals surface area (Å²) in [5, 5.41) is 12.0. The van der Waals surface area contributed by atoms with Crippen molar-refractivity contribution in [2.24, 2.45) is 0 Å². The first kappa shape index (κ1) is 13.6. The van der Waals surface area contributed by atoms with Crippen molar-refractivity contribution in [1.29, 1.82) is 0 Å². The molecule has 0 atom stereocenters. The van der Waals surface area contributed by atoms with Crippen LogP contribution in [0.15, 0.2) is 36.4 Å². The summed E-state index contributed by atoms with van der Waals surface area (Å²) in [4.78, 5) is 11.9. The van der Waals surface area contributed by atoms with Crippen LogP contribution in [0.2, 0.25) is 10.0 Å². The summed E-state index contributed by atoms with van der Waals surface area (Å²) < 4.78 is 13.5. The van der Waals surface area contributed by atoms with Gasteiger partial charge in [0.1, 0.15) is 11.6 Å². The number of carbonyl (C=O) groups excluding carboxylic acids is 1. The number of anilines is 1. The van der Waals surface area contributed by atoms with E-state index in [1.54, 1.807) is 0 Å². The van der Waals surface area contributed by atoms with Crippen molar-refractivity contribution in [3.05, 3.63) is 57.8 Å². The molecular formula is C13H8Cl2FNO2. The Labute approximate surface area is 118 Å². The van der Waals surface area contributed by atoms with E-state index in [1.165, 1.54) is 30.3 Å². The maximum atomic E-state index is 13.5. The highest BCUT2D eigenvalue weighted by Crippen LogP contribution is 2.26. The van der Waals surface area contributed by atoms with E-state index in [9.17, 15) is 14.3 Å². The molecule has 2 aromatic rings. The second kappa shape index (κ2) is 5.47. The Morgan fingerprint density at radius 1 is 1.16 bits per heavy atom.